The van der Waals surface area contributed by atoms with Crippen LogP contribution in [0.3, 0.4) is 0 Å². The summed E-state index contributed by atoms with van der Waals surface area (Å²) >= 11 is 5.80. The van der Waals surface area contributed by atoms with E-state index >= 15 is 0 Å². The van der Waals surface area contributed by atoms with Crippen molar-refractivity contribution in [2.24, 2.45) is 5.10 Å². The van der Waals surface area contributed by atoms with E-state index in [-0.39, 0.29) is 16.4 Å². The highest BCUT2D eigenvalue weighted by Crippen LogP contribution is 2.34. The average Bonchev–Trinajstić information content (AvgIpc) is 2.74. The molecule has 9 heteroatoms. The van der Waals surface area contributed by atoms with Gasteiger partial charge in [0.2, 0.25) is 0 Å². The van der Waals surface area contributed by atoms with E-state index in [2.05, 4.69) is 9.84 Å². The maximum atomic E-state index is 13.1. The van der Waals surface area contributed by atoms with Gasteiger partial charge >= 0.3 is 12.1 Å². The van der Waals surface area contributed by atoms with Crippen molar-refractivity contribution in [3.63, 3.8) is 0 Å². The molecule has 122 valence electrons. The van der Waals surface area contributed by atoms with Gasteiger partial charge in [0.15, 0.2) is 5.57 Å². The number of benzene rings is 1. The molecule has 0 radical (unpaired) electrons. The molecule has 2 rings (SSSR count). The molecule has 1 amide bonds. The number of hydrogen-bond donors (Lipinski definition) is 0. The molecule has 23 heavy (non-hydrogen) atoms. The van der Waals surface area contributed by atoms with Gasteiger partial charge in [0.1, 0.15) is 0 Å². The van der Waals surface area contributed by atoms with Gasteiger partial charge in [-0.1, -0.05) is 17.7 Å². The van der Waals surface area contributed by atoms with Gasteiger partial charge in [0.25, 0.3) is 5.91 Å². The molecule has 1 aliphatic heterocycles. The second-order valence-electron chi connectivity index (χ2n) is 4.52. The van der Waals surface area contributed by atoms with Crippen LogP contribution >= 0.6 is 11.6 Å². The summed E-state index contributed by atoms with van der Waals surface area (Å²) in [5.74, 6) is -2.73. The SMILES string of the molecule is COC(=O)/C(=C1/C(=O)N(c2cccc(Cl)c2)N=C1C)C(F)(F)F. The van der Waals surface area contributed by atoms with E-state index in [0.717, 1.165) is 12.1 Å². The number of alkyl halides is 3. The first-order chi connectivity index (χ1) is 10.7. The fourth-order valence-electron chi connectivity index (χ4n) is 2.04. The Morgan fingerprint density at radius 1 is 1.35 bits per heavy atom. The summed E-state index contributed by atoms with van der Waals surface area (Å²) in [7, 11) is 0.801. The standard InChI is InChI=1S/C14H10ClF3N2O3/c1-7-10(11(13(22)23-2)14(16,17)18)12(21)20(19-7)9-5-3-4-8(15)6-9/h3-6H,1-2H3/b11-10-. The summed E-state index contributed by atoms with van der Waals surface area (Å²) in [6.45, 7) is 1.20. The van der Waals surface area contributed by atoms with Gasteiger partial charge in [0, 0.05) is 5.02 Å². The van der Waals surface area contributed by atoms with Crippen molar-refractivity contribution in [3.8, 4) is 0 Å². The number of hydrazone groups is 1. The van der Waals surface area contributed by atoms with E-state index in [1.165, 1.54) is 31.2 Å². The zero-order chi connectivity index (χ0) is 17.4. The molecule has 0 saturated heterocycles. The average molecular weight is 347 g/mol. The van der Waals surface area contributed by atoms with Crippen LogP contribution in [0.1, 0.15) is 6.92 Å². The lowest BCUT2D eigenvalue weighted by Crippen LogP contribution is -2.29. The van der Waals surface area contributed by atoms with Gasteiger partial charge in [0.05, 0.1) is 24.1 Å². The third-order valence-electron chi connectivity index (χ3n) is 2.99. The Labute approximate surface area is 134 Å². The molecule has 0 saturated carbocycles. The van der Waals surface area contributed by atoms with Gasteiger partial charge < -0.3 is 4.74 Å². The third-order valence-corrected chi connectivity index (χ3v) is 3.23. The van der Waals surface area contributed by atoms with E-state index in [4.69, 9.17) is 11.6 Å². The van der Waals surface area contributed by atoms with Crippen molar-refractivity contribution in [1.82, 2.24) is 0 Å². The highest BCUT2D eigenvalue weighted by Gasteiger charge is 2.47. The molecule has 1 heterocycles. The Hall–Kier alpha value is -2.35. The number of carbonyl (C=O) groups is 2. The molecule has 0 unspecified atom stereocenters. The monoisotopic (exact) mass is 346 g/mol. The first-order valence-corrected chi connectivity index (χ1v) is 6.60. The Bertz CT molecular complexity index is 741. The number of ether oxygens (including phenoxy) is 1. The second kappa shape index (κ2) is 6.04. The highest BCUT2D eigenvalue weighted by molar-refractivity contribution is 6.33. The molecular formula is C14H10ClF3N2O3. The Kier molecular flexibility index (Phi) is 4.46. The summed E-state index contributed by atoms with van der Waals surface area (Å²) in [6.07, 6.45) is -5.06. The first-order valence-electron chi connectivity index (χ1n) is 6.22. The number of rotatable bonds is 2. The second-order valence-corrected chi connectivity index (χ2v) is 4.96. The van der Waals surface area contributed by atoms with Crippen LogP contribution in [-0.2, 0) is 14.3 Å². The van der Waals surface area contributed by atoms with Crippen LogP contribution in [-0.4, -0.2) is 30.9 Å². The van der Waals surface area contributed by atoms with Crippen LogP contribution < -0.4 is 5.01 Å². The quantitative estimate of drug-likeness (QED) is 0.610. The summed E-state index contributed by atoms with van der Waals surface area (Å²) in [4.78, 5) is 23.8. The molecule has 0 spiro atoms. The van der Waals surface area contributed by atoms with Crippen molar-refractivity contribution in [2.75, 3.05) is 12.1 Å². The molecule has 0 N–H and O–H groups in total. The summed E-state index contributed by atoms with van der Waals surface area (Å²) in [6, 6.07) is 5.87. The fraction of sp³-hybridized carbons (Fsp3) is 0.214. The third kappa shape index (κ3) is 3.21. The summed E-state index contributed by atoms with van der Waals surface area (Å²) < 4.78 is 43.6. The fourth-order valence-corrected chi connectivity index (χ4v) is 2.22. The minimum absolute atomic E-state index is 0.184. The smallest absolute Gasteiger partial charge is 0.424 e. The number of nitrogens with zero attached hydrogens (tertiary/aromatic N) is 2. The Morgan fingerprint density at radius 2 is 2.00 bits per heavy atom. The zero-order valence-electron chi connectivity index (χ0n) is 11.9. The number of methoxy groups -OCH3 is 1. The van der Waals surface area contributed by atoms with Gasteiger partial charge in [-0.15, -0.1) is 0 Å². The maximum absolute atomic E-state index is 13.1. The van der Waals surface area contributed by atoms with Crippen LogP contribution in [0, 0.1) is 0 Å². The van der Waals surface area contributed by atoms with Crippen LogP contribution in [0.25, 0.3) is 0 Å². The number of carbonyl (C=O) groups excluding carboxylic acids is 2. The van der Waals surface area contributed by atoms with Gasteiger partial charge in [-0.3, -0.25) is 4.79 Å². The lowest BCUT2D eigenvalue weighted by molar-refractivity contribution is -0.148. The predicted octanol–water partition coefficient (Wildman–Crippen LogP) is 3.09. The van der Waals surface area contributed by atoms with E-state index in [1.54, 1.807) is 0 Å². The largest absolute Gasteiger partial charge is 0.465 e. The van der Waals surface area contributed by atoms with E-state index < -0.39 is 29.2 Å². The molecule has 0 fully saturated rings. The molecular weight excluding hydrogens is 337 g/mol. The first kappa shape index (κ1) is 17.0. The molecule has 0 bridgehead atoms. The zero-order valence-corrected chi connectivity index (χ0v) is 12.7. The predicted molar refractivity (Wildman–Crippen MR) is 77.1 cm³/mol. The van der Waals surface area contributed by atoms with Crippen LogP contribution in [0.15, 0.2) is 40.5 Å². The van der Waals surface area contributed by atoms with Crippen LogP contribution in [0.5, 0.6) is 0 Å². The number of halogens is 4. The van der Waals surface area contributed by atoms with Crippen molar-refractivity contribution in [3.05, 3.63) is 40.4 Å². The number of anilines is 1. The van der Waals surface area contributed by atoms with Crippen LogP contribution in [0.2, 0.25) is 5.02 Å². The molecule has 1 aliphatic rings. The van der Waals surface area contributed by atoms with Gasteiger partial charge in [-0.2, -0.15) is 23.3 Å². The number of esters is 1. The molecule has 0 aliphatic carbocycles. The Balaban J connectivity index is 2.58. The molecule has 0 aromatic heterocycles. The molecule has 5 nitrogen and oxygen atoms in total. The minimum atomic E-state index is -5.06. The lowest BCUT2D eigenvalue weighted by atomic mass is 10.0. The van der Waals surface area contributed by atoms with Crippen molar-refractivity contribution in [1.29, 1.82) is 0 Å². The van der Waals surface area contributed by atoms with Crippen molar-refractivity contribution >= 4 is 34.9 Å². The van der Waals surface area contributed by atoms with Gasteiger partial charge in [-0.05, 0) is 25.1 Å². The maximum Gasteiger partial charge on any atom is 0.424 e. The lowest BCUT2D eigenvalue weighted by Gasteiger charge is -2.14. The topological polar surface area (TPSA) is 59.0 Å². The van der Waals surface area contributed by atoms with Gasteiger partial charge in [-0.25, -0.2) is 4.79 Å². The number of amides is 1. The van der Waals surface area contributed by atoms with Crippen molar-refractivity contribution in [2.45, 2.75) is 13.1 Å². The normalized spacial score (nSPS) is 17.2. The van der Waals surface area contributed by atoms with E-state index in [0.29, 0.717) is 0 Å². The van der Waals surface area contributed by atoms with E-state index in [9.17, 15) is 22.8 Å². The minimum Gasteiger partial charge on any atom is -0.465 e. The summed E-state index contributed by atoms with van der Waals surface area (Å²) in [5, 5.41) is 4.83. The van der Waals surface area contributed by atoms with Crippen molar-refractivity contribution < 1.29 is 27.5 Å². The molecule has 0 atom stereocenters. The highest BCUT2D eigenvalue weighted by atomic mass is 35.5. The van der Waals surface area contributed by atoms with Crippen LogP contribution in [0.4, 0.5) is 18.9 Å². The molecule has 1 aromatic carbocycles. The van der Waals surface area contributed by atoms with E-state index in [1.807, 2.05) is 0 Å². The summed E-state index contributed by atoms with van der Waals surface area (Å²) in [5.41, 5.74) is -2.59. The Morgan fingerprint density at radius 3 is 2.52 bits per heavy atom. The molecule has 1 aromatic rings. The number of hydrogen-bond acceptors (Lipinski definition) is 4.